The molecule has 1 unspecified atom stereocenters. The lowest BCUT2D eigenvalue weighted by Crippen LogP contribution is -2.37. The van der Waals surface area contributed by atoms with Gasteiger partial charge in [0, 0.05) is 36.2 Å². The smallest absolute Gasteiger partial charge is 0.251 e. The van der Waals surface area contributed by atoms with E-state index in [4.69, 9.17) is 0 Å². The van der Waals surface area contributed by atoms with Gasteiger partial charge in [-0.05, 0) is 32.2 Å². The van der Waals surface area contributed by atoms with Gasteiger partial charge >= 0.3 is 0 Å². The first kappa shape index (κ1) is 13.3. The summed E-state index contributed by atoms with van der Waals surface area (Å²) in [5, 5.41) is 5.97. The summed E-state index contributed by atoms with van der Waals surface area (Å²) in [6, 6.07) is 7.71. The minimum Gasteiger partial charge on any atom is -0.350 e. The monoisotopic (exact) mass is 258 g/mol. The number of imidazole rings is 1. The number of hydrogen-bond acceptors (Lipinski definition) is 3. The Balaban J connectivity index is 2.08. The van der Waals surface area contributed by atoms with E-state index in [9.17, 15) is 4.79 Å². The Bertz CT molecular complexity index is 536. The van der Waals surface area contributed by atoms with Crippen molar-refractivity contribution in [2.75, 3.05) is 13.6 Å². The molecule has 5 nitrogen and oxygen atoms in total. The maximum absolute atomic E-state index is 12.0. The van der Waals surface area contributed by atoms with Crippen molar-refractivity contribution in [2.45, 2.75) is 13.0 Å². The molecule has 0 saturated heterocycles. The molecular weight excluding hydrogens is 240 g/mol. The SMILES string of the molecule is CNC(C)CNC(=O)c1cccc(-n2ccnc2)c1. The van der Waals surface area contributed by atoms with E-state index in [1.165, 1.54) is 0 Å². The predicted octanol–water partition coefficient (Wildman–Crippen LogP) is 1.21. The number of carbonyl (C=O) groups is 1. The molecule has 2 aromatic rings. The molecule has 100 valence electrons. The summed E-state index contributed by atoms with van der Waals surface area (Å²) < 4.78 is 1.87. The lowest BCUT2D eigenvalue weighted by Gasteiger charge is -2.12. The van der Waals surface area contributed by atoms with Crippen molar-refractivity contribution >= 4 is 5.91 Å². The number of carbonyl (C=O) groups excluding carboxylic acids is 1. The van der Waals surface area contributed by atoms with Crippen LogP contribution in [0.15, 0.2) is 43.0 Å². The molecule has 1 aromatic carbocycles. The van der Waals surface area contributed by atoms with E-state index in [1.807, 2.05) is 42.9 Å². The normalized spacial score (nSPS) is 12.1. The number of benzene rings is 1. The third kappa shape index (κ3) is 3.42. The first-order valence-corrected chi connectivity index (χ1v) is 6.24. The fourth-order valence-electron chi connectivity index (χ4n) is 1.67. The van der Waals surface area contributed by atoms with Crippen LogP contribution in [0, 0.1) is 0 Å². The molecule has 0 fully saturated rings. The maximum atomic E-state index is 12.0. The first-order valence-electron chi connectivity index (χ1n) is 6.24. The molecule has 5 heteroatoms. The van der Waals surface area contributed by atoms with E-state index < -0.39 is 0 Å². The molecule has 0 bridgehead atoms. The summed E-state index contributed by atoms with van der Waals surface area (Å²) >= 11 is 0. The summed E-state index contributed by atoms with van der Waals surface area (Å²) in [6.45, 7) is 2.62. The average molecular weight is 258 g/mol. The molecule has 1 amide bonds. The standard InChI is InChI=1S/C14H18N4O/c1-11(15-2)9-17-14(19)12-4-3-5-13(8-12)18-7-6-16-10-18/h3-8,10-11,15H,9H2,1-2H3,(H,17,19). The van der Waals surface area contributed by atoms with Gasteiger partial charge in [0.05, 0.1) is 6.33 Å². The third-order valence-electron chi connectivity index (χ3n) is 2.97. The van der Waals surface area contributed by atoms with Crippen LogP contribution in [-0.2, 0) is 0 Å². The van der Waals surface area contributed by atoms with Crippen LogP contribution in [0.3, 0.4) is 0 Å². The van der Waals surface area contributed by atoms with Gasteiger partial charge in [-0.1, -0.05) is 6.07 Å². The quantitative estimate of drug-likeness (QED) is 0.847. The van der Waals surface area contributed by atoms with Crippen LogP contribution >= 0.6 is 0 Å². The predicted molar refractivity (Wildman–Crippen MR) is 74.4 cm³/mol. The second kappa shape index (κ2) is 6.15. The molecule has 0 radical (unpaired) electrons. The van der Waals surface area contributed by atoms with Gasteiger partial charge in [0.15, 0.2) is 0 Å². The molecule has 0 aliphatic rings. The lowest BCUT2D eigenvalue weighted by atomic mass is 10.2. The number of nitrogens with zero attached hydrogens (tertiary/aromatic N) is 2. The number of nitrogens with one attached hydrogen (secondary N) is 2. The highest BCUT2D eigenvalue weighted by Crippen LogP contribution is 2.10. The Labute approximate surface area is 112 Å². The van der Waals surface area contributed by atoms with Crippen molar-refractivity contribution in [3.8, 4) is 5.69 Å². The van der Waals surface area contributed by atoms with Gasteiger partial charge in [0.1, 0.15) is 0 Å². The summed E-state index contributed by atoms with van der Waals surface area (Å²) in [6.07, 6.45) is 5.27. The second-order valence-electron chi connectivity index (χ2n) is 4.42. The molecule has 1 aromatic heterocycles. The van der Waals surface area contributed by atoms with Gasteiger partial charge in [0.2, 0.25) is 0 Å². The minimum atomic E-state index is -0.0657. The van der Waals surface area contributed by atoms with Crippen LogP contribution in [0.25, 0.3) is 5.69 Å². The Morgan fingerprint density at radius 1 is 1.47 bits per heavy atom. The van der Waals surface area contributed by atoms with E-state index in [-0.39, 0.29) is 11.9 Å². The molecule has 0 saturated carbocycles. The van der Waals surface area contributed by atoms with Crippen LogP contribution < -0.4 is 10.6 Å². The van der Waals surface area contributed by atoms with Gasteiger partial charge in [-0.25, -0.2) is 4.98 Å². The summed E-state index contributed by atoms with van der Waals surface area (Å²) in [7, 11) is 1.87. The first-order chi connectivity index (χ1) is 9.20. The van der Waals surface area contributed by atoms with E-state index in [1.54, 1.807) is 18.6 Å². The van der Waals surface area contributed by atoms with Crippen molar-refractivity contribution in [1.82, 2.24) is 20.2 Å². The van der Waals surface area contributed by atoms with E-state index >= 15 is 0 Å². The Morgan fingerprint density at radius 3 is 3.00 bits per heavy atom. The van der Waals surface area contributed by atoms with Crippen LogP contribution in [0.5, 0.6) is 0 Å². The molecule has 1 heterocycles. The minimum absolute atomic E-state index is 0.0657. The lowest BCUT2D eigenvalue weighted by molar-refractivity contribution is 0.0950. The highest BCUT2D eigenvalue weighted by atomic mass is 16.1. The summed E-state index contributed by atoms with van der Waals surface area (Å²) in [5.74, 6) is -0.0657. The molecular formula is C14H18N4O. The van der Waals surface area contributed by atoms with Crippen molar-refractivity contribution in [3.63, 3.8) is 0 Å². The van der Waals surface area contributed by atoms with Crippen molar-refractivity contribution in [3.05, 3.63) is 48.5 Å². The molecule has 19 heavy (non-hydrogen) atoms. The topological polar surface area (TPSA) is 58.9 Å². The Hall–Kier alpha value is -2.14. The maximum Gasteiger partial charge on any atom is 0.251 e. The van der Waals surface area contributed by atoms with E-state index in [0.717, 1.165) is 5.69 Å². The van der Waals surface area contributed by atoms with Crippen LogP contribution in [-0.4, -0.2) is 35.1 Å². The highest BCUT2D eigenvalue weighted by Gasteiger charge is 2.07. The molecule has 0 aliphatic carbocycles. The Kier molecular flexibility index (Phi) is 4.30. The summed E-state index contributed by atoms with van der Waals surface area (Å²) in [4.78, 5) is 16.0. The van der Waals surface area contributed by atoms with Crippen LogP contribution in [0.4, 0.5) is 0 Å². The molecule has 2 N–H and O–H groups in total. The fraction of sp³-hybridized carbons (Fsp3) is 0.286. The fourth-order valence-corrected chi connectivity index (χ4v) is 1.67. The van der Waals surface area contributed by atoms with Crippen LogP contribution in [0.2, 0.25) is 0 Å². The largest absolute Gasteiger partial charge is 0.350 e. The van der Waals surface area contributed by atoms with Crippen molar-refractivity contribution < 1.29 is 4.79 Å². The van der Waals surface area contributed by atoms with Crippen molar-refractivity contribution in [1.29, 1.82) is 0 Å². The van der Waals surface area contributed by atoms with Gasteiger partial charge < -0.3 is 15.2 Å². The number of likely N-dealkylation sites (N-methyl/N-ethyl adjacent to an activating group) is 1. The molecule has 2 rings (SSSR count). The van der Waals surface area contributed by atoms with E-state index in [2.05, 4.69) is 15.6 Å². The van der Waals surface area contributed by atoms with Gasteiger partial charge in [0.25, 0.3) is 5.91 Å². The number of aromatic nitrogens is 2. The zero-order valence-electron chi connectivity index (χ0n) is 11.1. The number of rotatable bonds is 5. The zero-order chi connectivity index (χ0) is 13.7. The summed E-state index contributed by atoms with van der Waals surface area (Å²) in [5.41, 5.74) is 1.57. The third-order valence-corrected chi connectivity index (χ3v) is 2.97. The second-order valence-corrected chi connectivity index (χ2v) is 4.42. The van der Waals surface area contributed by atoms with Gasteiger partial charge in [-0.15, -0.1) is 0 Å². The average Bonchev–Trinajstić information content (AvgIpc) is 2.98. The molecule has 0 spiro atoms. The van der Waals surface area contributed by atoms with Crippen molar-refractivity contribution in [2.24, 2.45) is 0 Å². The molecule has 1 atom stereocenters. The van der Waals surface area contributed by atoms with Gasteiger partial charge in [-0.3, -0.25) is 4.79 Å². The zero-order valence-corrected chi connectivity index (χ0v) is 11.1. The highest BCUT2D eigenvalue weighted by molar-refractivity contribution is 5.94. The van der Waals surface area contributed by atoms with Gasteiger partial charge in [-0.2, -0.15) is 0 Å². The Morgan fingerprint density at radius 2 is 2.32 bits per heavy atom. The number of hydrogen-bond donors (Lipinski definition) is 2. The van der Waals surface area contributed by atoms with Crippen LogP contribution in [0.1, 0.15) is 17.3 Å². The molecule has 0 aliphatic heterocycles. The van der Waals surface area contributed by atoms with E-state index in [0.29, 0.717) is 12.1 Å². The number of amides is 1.